The molecule has 0 spiro atoms. The van der Waals surface area contributed by atoms with Crippen LogP contribution in [0.4, 0.5) is 0 Å². The molecule has 0 atom stereocenters. The van der Waals surface area contributed by atoms with Gasteiger partial charge in [-0.3, -0.25) is 9.69 Å². The van der Waals surface area contributed by atoms with E-state index in [4.69, 9.17) is 9.47 Å². The van der Waals surface area contributed by atoms with Crippen molar-refractivity contribution < 1.29 is 19.4 Å². The molecule has 0 amide bonds. The van der Waals surface area contributed by atoms with Gasteiger partial charge in [0.2, 0.25) is 0 Å². The predicted molar refractivity (Wildman–Crippen MR) is 73.4 cm³/mol. The molecular formula is C13H18ClNO4. The number of phenolic OH excluding ortho intramolecular Hbond substituents is 1. The van der Waals surface area contributed by atoms with E-state index in [-0.39, 0.29) is 23.7 Å². The average molecular weight is 288 g/mol. The van der Waals surface area contributed by atoms with Crippen molar-refractivity contribution in [3.63, 3.8) is 0 Å². The van der Waals surface area contributed by atoms with Crippen molar-refractivity contribution >= 4 is 18.7 Å². The second-order valence-corrected chi connectivity index (χ2v) is 4.24. The van der Waals surface area contributed by atoms with Crippen molar-refractivity contribution in [3.05, 3.63) is 23.3 Å². The Hall–Kier alpha value is -1.30. The van der Waals surface area contributed by atoms with Gasteiger partial charge in [-0.1, -0.05) is 0 Å². The van der Waals surface area contributed by atoms with Crippen LogP contribution in [0.5, 0.6) is 11.5 Å². The lowest BCUT2D eigenvalue weighted by molar-refractivity contribution is 0.0341. The summed E-state index contributed by atoms with van der Waals surface area (Å²) in [7, 11) is 1.47. The van der Waals surface area contributed by atoms with Crippen molar-refractivity contribution in [3.8, 4) is 11.5 Å². The van der Waals surface area contributed by atoms with E-state index in [1.807, 2.05) is 0 Å². The highest BCUT2D eigenvalue weighted by molar-refractivity contribution is 5.85. The zero-order chi connectivity index (χ0) is 13.0. The fraction of sp³-hybridized carbons (Fsp3) is 0.462. The van der Waals surface area contributed by atoms with Crippen LogP contribution in [0, 0.1) is 0 Å². The van der Waals surface area contributed by atoms with Gasteiger partial charge in [-0.25, -0.2) is 0 Å². The van der Waals surface area contributed by atoms with E-state index in [0.29, 0.717) is 12.0 Å². The molecule has 1 aliphatic heterocycles. The number of aldehydes is 1. The number of carbonyl (C=O) groups excluding carboxylic acids is 1. The monoisotopic (exact) mass is 287 g/mol. The summed E-state index contributed by atoms with van der Waals surface area (Å²) in [4.78, 5) is 13.1. The Labute approximate surface area is 118 Å². The van der Waals surface area contributed by atoms with Crippen LogP contribution in [0.25, 0.3) is 0 Å². The Kier molecular flexibility index (Phi) is 6.08. The molecule has 0 saturated carbocycles. The first-order valence-electron chi connectivity index (χ1n) is 5.89. The fourth-order valence-corrected chi connectivity index (χ4v) is 2.04. The molecule has 1 heterocycles. The Morgan fingerprint density at radius 2 is 2.11 bits per heavy atom. The van der Waals surface area contributed by atoms with E-state index in [1.165, 1.54) is 7.11 Å². The van der Waals surface area contributed by atoms with E-state index in [0.717, 1.165) is 38.4 Å². The van der Waals surface area contributed by atoms with Crippen LogP contribution in [-0.4, -0.2) is 49.7 Å². The number of methoxy groups -OCH3 is 1. The zero-order valence-electron chi connectivity index (χ0n) is 10.8. The minimum Gasteiger partial charge on any atom is -0.504 e. The van der Waals surface area contributed by atoms with Crippen LogP contribution in [-0.2, 0) is 11.3 Å². The standard InChI is InChI=1S/C13H17NO4.ClH/c1-17-12-7-10(6-11(9-15)13(12)16)8-14-2-4-18-5-3-14;/h6-7,9,16H,2-5,8H2,1H3;1H. The first kappa shape index (κ1) is 15.8. The minimum absolute atomic E-state index is 0. The maximum Gasteiger partial charge on any atom is 0.168 e. The molecule has 106 valence electrons. The lowest BCUT2D eigenvalue weighted by atomic mass is 10.1. The number of aromatic hydroxyl groups is 1. The van der Waals surface area contributed by atoms with Crippen LogP contribution in [0.1, 0.15) is 15.9 Å². The molecule has 0 unspecified atom stereocenters. The summed E-state index contributed by atoms with van der Waals surface area (Å²) < 4.78 is 10.3. The summed E-state index contributed by atoms with van der Waals surface area (Å²) >= 11 is 0. The van der Waals surface area contributed by atoms with E-state index >= 15 is 0 Å². The molecule has 0 bridgehead atoms. The number of nitrogens with zero attached hydrogens (tertiary/aromatic N) is 1. The summed E-state index contributed by atoms with van der Waals surface area (Å²) in [6, 6.07) is 3.46. The number of benzene rings is 1. The van der Waals surface area contributed by atoms with Crippen LogP contribution in [0.2, 0.25) is 0 Å². The molecule has 19 heavy (non-hydrogen) atoms. The highest BCUT2D eigenvalue weighted by Crippen LogP contribution is 2.30. The van der Waals surface area contributed by atoms with Gasteiger partial charge >= 0.3 is 0 Å². The highest BCUT2D eigenvalue weighted by Gasteiger charge is 2.14. The van der Waals surface area contributed by atoms with Crippen LogP contribution in [0.15, 0.2) is 12.1 Å². The van der Waals surface area contributed by atoms with Gasteiger partial charge in [0.1, 0.15) is 0 Å². The third-order valence-electron chi connectivity index (χ3n) is 3.02. The number of hydrogen-bond acceptors (Lipinski definition) is 5. The SMILES string of the molecule is COc1cc(CN2CCOCC2)cc(C=O)c1O.Cl. The van der Waals surface area contributed by atoms with Gasteiger partial charge in [-0.2, -0.15) is 0 Å². The molecule has 6 heteroatoms. The molecule has 1 N–H and O–H groups in total. The average Bonchev–Trinajstić information content (AvgIpc) is 2.41. The van der Waals surface area contributed by atoms with Gasteiger partial charge < -0.3 is 14.6 Å². The molecule has 0 aliphatic carbocycles. The van der Waals surface area contributed by atoms with Gasteiger partial charge in [-0.05, 0) is 17.7 Å². The Morgan fingerprint density at radius 3 is 2.68 bits per heavy atom. The second kappa shape index (κ2) is 7.33. The first-order valence-corrected chi connectivity index (χ1v) is 5.89. The lowest BCUT2D eigenvalue weighted by Gasteiger charge is -2.26. The normalized spacial score (nSPS) is 15.6. The van der Waals surface area contributed by atoms with Gasteiger partial charge in [0.05, 0.1) is 25.9 Å². The number of phenols is 1. The van der Waals surface area contributed by atoms with Crippen LogP contribution in [0.3, 0.4) is 0 Å². The minimum atomic E-state index is -0.0989. The lowest BCUT2D eigenvalue weighted by Crippen LogP contribution is -2.35. The third kappa shape index (κ3) is 3.83. The maximum absolute atomic E-state index is 10.9. The van der Waals surface area contributed by atoms with Gasteiger partial charge in [0.15, 0.2) is 17.8 Å². The Bertz CT molecular complexity index is 433. The number of halogens is 1. The molecule has 0 radical (unpaired) electrons. The fourth-order valence-electron chi connectivity index (χ4n) is 2.04. The summed E-state index contributed by atoms with van der Waals surface area (Å²) in [6.07, 6.45) is 0.640. The number of hydrogen-bond donors (Lipinski definition) is 1. The molecule has 1 saturated heterocycles. The molecule has 2 rings (SSSR count). The molecule has 0 aromatic heterocycles. The third-order valence-corrected chi connectivity index (χ3v) is 3.02. The van der Waals surface area contributed by atoms with E-state index in [9.17, 15) is 9.90 Å². The van der Waals surface area contributed by atoms with E-state index in [1.54, 1.807) is 12.1 Å². The summed E-state index contributed by atoms with van der Waals surface area (Å²) in [5, 5.41) is 9.73. The van der Waals surface area contributed by atoms with Crippen molar-refractivity contribution in [1.29, 1.82) is 0 Å². The first-order chi connectivity index (χ1) is 8.74. The molecule has 1 aromatic rings. The van der Waals surface area contributed by atoms with Crippen molar-refractivity contribution in [1.82, 2.24) is 4.90 Å². The number of rotatable bonds is 4. The Morgan fingerprint density at radius 1 is 1.42 bits per heavy atom. The second-order valence-electron chi connectivity index (χ2n) is 4.24. The molecule has 1 aromatic carbocycles. The summed E-state index contributed by atoms with van der Waals surface area (Å²) in [5.74, 6) is 0.237. The largest absolute Gasteiger partial charge is 0.504 e. The predicted octanol–water partition coefficient (Wildman–Crippen LogP) is 1.47. The molecule has 1 fully saturated rings. The summed E-state index contributed by atoms with van der Waals surface area (Å²) in [5.41, 5.74) is 1.21. The van der Waals surface area contributed by atoms with Gasteiger partial charge in [0.25, 0.3) is 0 Å². The molecular weight excluding hydrogens is 270 g/mol. The zero-order valence-corrected chi connectivity index (χ0v) is 11.6. The van der Waals surface area contributed by atoms with Crippen molar-refractivity contribution in [2.24, 2.45) is 0 Å². The van der Waals surface area contributed by atoms with Crippen molar-refractivity contribution in [2.45, 2.75) is 6.54 Å². The summed E-state index contributed by atoms with van der Waals surface area (Å²) in [6.45, 7) is 3.94. The van der Waals surface area contributed by atoms with Crippen molar-refractivity contribution in [2.75, 3.05) is 33.4 Å². The number of carbonyl (C=O) groups is 1. The van der Waals surface area contributed by atoms with Gasteiger partial charge in [0, 0.05) is 19.6 Å². The quantitative estimate of drug-likeness (QED) is 0.850. The van der Waals surface area contributed by atoms with Crippen LogP contribution < -0.4 is 4.74 Å². The maximum atomic E-state index is 10.9. The van der Waals surface area contributed by atoms with E-state index in [2.05, 4.69) is 4.90 Å². The van der Waals surface area contributed by atoms with E-state index < -0.39 is 0 Å². The molecule has 1 aliphatic rings. The molecule has 5 nitrogen and oxygen atoms in total. The van der Waals surface area contributed by atoms with Crippen LogP contribution >= 0.6 is 12.4 Å². The number of ether oxygens (including phenoxy) is 2. The Balaban J connectivity index is 0.00000180. The van der Waals surface area contributed by atoms with Gasteiger partial charge in [-0.15, -0.1) is 12.4 Å². The topological polar surface area (TPSA) is 59.0 Å². The smallest absolute Gasteiger partial charge is 0.168 e. The highest BCUT2D eigenvalue weighted by atomic mass is 35.5. The number of morpholine rings is 1.